The molecule has 0 atom stereocenters. The Kier molecular flexibility index (Phi) is 3.23. The van der Waals surface area contributed by atoms with Crippen LogP contribution < -0.4 is 10.5 Å². The maximum absolute atomic E-state index is 10.8. The zero-order chi connectivity index (χ0) is 12.3. The number of rotatable bonds is 4. The van der Waals surface area contributed by atoms with Crippen LogP contribution in [0.3, 0.4) is 0 Å². The lowest BCUT2D eigenvalue weighted by Gasteiger charge is -2.06. The number of methoxy groups -OCH3 is 1. The molecule has 0 bridgehead atoms. The van der Waals surface area contributed by atoms with Crippen LogP contribution in [-0.4, -0.2) is 18.0 Å². The first-order chi connectivity index (χ1) is 8.20. The van der Waals surface area contributed by atoms with Crippen molar-refractivity contribution in [1.82, 2.24) is 4.98 Å². The van der Waals surface area contributed by atoms with Crippen molar-refractivity contribution in [1.29, 1.82) is 0 Å². The van der Waals surface area contributed by atoms with Gasteiger partial charge in [0.2, 0.25) is 5.91 Å². The number of primary amides is 1. The minimum Gasteiger partial charge on any atom is -0.497 e. The monoisotopic (exact) mass is 230 g/mol. The van der Waals surface area contributed by atoms with Gasteiger partial charge >= 0.3 is 0 Å². The molecule has 4 heteroatoms. The number of carbonyl (C=O) groups excluding carboxylic acids is 1. The molecule has 2 aromatic rings. The van der Waals surface area contributed by atoms with Gasteiger partial charge in [0.25, 0.3) is 0 Å². The molecule has 0 aliphatic heterocycles. The van der Waals surface area contributed by atoms with Crippen molar-refractivity contribution in [2.24, 2.45) is 5.73 Å². The molecule has 0 saturated carbocycles. The summed E-state index contributed by atoms with van der Waals surface area (Å²) in [4.78, 5) is 15.1. The molecule has 1 aromatic carbocycles. The number of carbonyl (C=O) groups is 1. The minimum atomic E-state index is -0.313. The average molecular weight is 230 g/mol. The topological polar surface area (TPSA) is 65.2 Å². The third-order valence-electron chi connectivity index (χ3n) is 2.66. The zero-order valence-electron chi connectivity index (χ0n) is 9.64. The number of aryl methyl sites for hydroxylation is 1. The Morgan fingerprint density at radius 1 is 1.41 bits per heavy atom. The van der Waals surface area contributed by atoms with E-state index in [1.807, 2.05) is 24.3 Å². The highest BCUT2D eigenvalue weighted by Gasteiger charge is 2.05. The first kappa shape index (κ1) is 11.4. The van der Waals surface area contributed by atoms with Crippen LogP contribution >= 0.6 is 0 Å². The fourth-order valence-electron chi connectivity index (χ4n) is 1.78. The third-order valence-corrected chi connectivity index (χ3v) is 2.66. The third kappa shape index (κ3) is 2.53. The second kappa shape index (κ2) is 4.82. The second-order valence-electron chi connectivity index (χ2n) is 3.81. The van der Waals surface area contributed by atoms with E-state index in [9.17, 15) is 4.79 Å². The lowest BCUT2D eigenvalue weighted by Crippen LogP contribution is -2.11. The highest BCUT2D eigenvalue weighted by Crippen LogP contribution is 2.23. The molecule has 1 amide bonds. The Bertz CT molecular complexity index is 552. The molecule has 4 nitrogen and oxygen atoms in total. The van der Waals surface area contributed by atoms with E-state index in [0.717, 1.165) is 22.2 Å². The predicted molar refractivity (Wildman–Crippen MR) is 65.8 cm³/mol. The second-order valence-corrected chi connectivity index (χ2v) is 3.81. The van der Waals surface area contributed by atoms with Crippen LogP contribution in [0, 0.1) is 0 Å². The summed E-state index contributed by atoms with van der Waals surface area (Å²) in [6, 6.07) is 7.74. The molecule has 0 unspecified atom stereocenters. The van der Waals surface area contributed by atoms with Crippen molar-refractivity contribution in [3.8, 4) is 5.75 Å². The van der Waals surface area contributed by atoms with E-state index in [1.165, 1.54) is 0 Å². The number of amides is 1. The maximum atomic E-state index is 10.8. The van der Waals surface area contributed by atoms with Crippen molar-refractivity contribution < 1.29 is 9.53 Å². The van der Waals surface area contributed by atoms with Gasteiger partial charge in [-0.15, -0.1) is 0 Å². The number of hydrogen-bond donors (Lipinski definition) is 1. The standard InChI is InChI=1S/C13H14N2O2/c1-17-10-3-2-9-6-7-15-12(11(9)8-10)4-5-13(14)16/h2-3,6-8H,4-5H2,1H3,(H2,14,16). The Morgan fingerprint density at radius 2 is 2.24 bits per heavy atom. The molecule has 88 valence electrons. The van der Waals surface area contributed by atoms with E-state index in [-0.39, 0.29) is 5.91 Å². The first-order valence-corrected chi connectivity index (χ1v) is 5.40. The van der Waals surface area contributed by atoms with Crippen LogP contribution in [0.4, 0.5) is 0 Å². The largest absolute Gasteiger partial charge is 0.497 e. The highest BCUT2D eigenvalue weighted by atomic mass is 16.5. The van der Waals surface area contributed by atoms with Gasteiger partial charge in [0, 0.05) is 23.7 Å². The van der Waals surface area contributed by atoms with Crippen LogP contribution in [-0.2, 0) is 11.2 Å². The van der Waals surface area contributed by atoms with Gasteiger partial charge in [-0.2, -0.15) is 0 Å². The Morgan fingerprint density at radius 3 is 2.94 bits per heavy atom. The molecule has 0 aliphatic carbocycles. The van der Waals surface area contributed by atoms with E-state index < -0.39 is 0 Å². The van der Waals surface area contributed by atoms with Crippen LogP contribution in [0.2, 0.25) is 0 Å². The van der Waals surface area contributed by atoms with Crippen LogP contribution in [0.1, 0.15) is 12.1 Å². The number of hydrogen-bond acceptors (Lipinski definition) is 3. The van der Waals surface area contributed by atoms with E-state index in [4.69, 9.17) is 10.5 Å². The zero-order valence-corrected chi connectivity index (χ0v) is 9.64. The van der Waals surface area contributed by atoms with Gasteiger partial charge in [-0.05, 0) is 30.0 Å². The van der Waals surface area contributed by atoms with Crippen molar-refractivity contribution in [3.05, 3.63) is 36.2 Å². The van der Waals surface area contributed by atoms with Gasteiger partial charge in [0.05, 0.1) is 7.11 Å². The Balaban J connectivity index is 2.43. The van der Waals surface area contributed by atoms with Crippen LogP contribution in [0.5, 0.6) is 5.75 Å². The first-order valence-electron chi connectivity index (χ1n) is 5.40. The van der Waals surface area contributed by atoms with E-state index >= 15 is 0 Å². The highest BCUT2D eigenvalue weighted by molar-refractivity contribution is 5.86. The van der Waals surface area contributed by atoms with E-state index in [0.29, 0.717) is 12.8 Å². The lowest BCUT2D eigenvalue weighted by molar-refractivity contribution is -0.117. The molecule has 1 aromatic heterocycles. The number of benzene rings is 1. The number of aromatic nitrogens is 1. The predicted octanol–water partition coefficient (Wildman–Crippen LogP) is 1.66. The SMILES string of the molecule is COc1ccc2ccnc(CCC(N)=O)c2c1. The summed E-state index contributed by atoms with van der Waals surface area (Å²) in [6.45, 7) is 0. The molecule has 0 fully saturated rings. The molecule has 17 heavy (non-hydrogen) atoms. The summed E-state index contributed by atoms with van der Waals surface area (Å²) < 4.78 is 5.18. The number of fused-ring (bicyclic) bond motifs is 1. The number of nitrogens with zero attached hydrogens (tertiary/aromatic N) is 1. The van der Waals surface area contributed by atoms with Gasteiger partial charge in [-0.3, -0.25) is 9.78 Å². The van der Waals surface area contributed by atoms with Crippen LogP contribution in [0.25, 0.3) is 10.8 Å². The van der Waals surface area contributed by atoms with Crippen molar-refractivity contribution >= 4 is 16.7 Å². The summed E-state index contributed by atoms with van der Waals surface area (Å²) in [6.07, 6.45) is 2.61. The molecule has 0 spiro atoms. The molecule has 2 N–H and O–H groups in total. The molecule has 0 radical (unpaired) electrons. The quantitative estimate of drug-likeness (QED) is 0.868. The summed E-state index contributed by atoms with van der Waals surface area (Å²) >= 11 is 0. The van der Waals surface area contributed by atoms with Gasteiger partial charge in [-0.25, -0.2) is 0 Å². The summed E-state index contributed by atoms with van der Waals surface area (Å²) in [5.74, 6) is 0.470. The van der Waals surface area contributed by atoms with Crippen molar-refractivity contribution in [2.45, 2.75) is 12.8 Å². The lowest BCUT2D eigenvalue weighted by atomic mass is 10.1. The molecule has 0 aliphatic rings. The molecule has 2 rings (SSSR count). The molecule has 1 heterocycles. The van der Waals surface area contributed by atoms with Gasteiger partial charge in [0.1, 0.15) is 5.75 Å². The van der Waals surface area contributed by atoms with E-state index in [2.05, 4.69) is 4.98 Å². The van der Waals surface area contributed by atoms with Crippen molar-refractivity contribution in [2.75, 3.05) is 7.11 Å². The maximum Gasteiger partial charge on any atom is 0.217 e. The van der Waals surface area contributed by atoms with Gasteiger partial charge in [-0.1, -0.05) is 6.07 Å². The Labute approximate surface area is 99.4 Å². The van der Waals surface area contributed by atoms with Gasteiger partial charge < -0.3 is 10.5 Å². The summed E-state index contributed by atoms with van der Waals surface area (Å²) in [5.41, 5.74) is 6.02. The Hall–Kier alpha value is -2.10. The molecular formula is C13H14N2O2. The molecule has 0 saturated heterocycles. The van der Waals surface area contributed by atoms with E-state index in [1.54, 1.807) is 13.3 Å². The fourth-order valence-corrected chi connectivity index (χ4v) is 1.78. The number of ether oxygens (including phenoxy) is 1. The number of nitrogens with two attached hydrogens (primary N) is 1. The molecular weight excluding hydrogens is 216 g/mol. The number of pyridine rings is 1. The van der Waals surface area contributed by atoms with Crippen molar-refractivity contribution in [3.63, 3.8) is 0 Å². The average Bonchev–Trinajstić information content (AvgIpc) is 2.35. The smallest absolute Gasteiger partial charge is 0.217 e. The fraction of sp³-hybridized carbons (Fsp3) is 0.231. The minimum absolute atomic E-state index is 0.309. The van der Waals surface area contributed by atoms with Gasteiger partial charge in [0.15, 0.2) is 0 Å². The summed E-state index contributed by atoms with van der Waals surface area (Å²) in [5, 5.41) is 2.09. The van der Waals surface area contributed by atoms with Crippen LogP contribution in [0.15, 0.2) is 30.5 Å². The summed E-state index contributed by atoms with van der Waals surface area (Å²) in [7, 11) is 1.63. The normalized spacial score (nSPS) is 10.4.